The van der Waals surface area contributed by atoms with Crippen molar-refractivity contribution < 1.29 is 0 Å². The largest absolute Gasteiger partial charge is 0.224 e. The van der Waals surface area contributed by atoms with Gasteiger partial charge in [-0.2, -0.15) is 0 Å². The second kappa shape index (κ2) is 5.48. The maximum Gasteiger partial charge on any atom is 0.138 e. The van der Waals surface area contributed by atoms with Gasteiger partial charge < -0.3 is 0 Å². The van der Waals surface area contributed by atoms with E-state index in [1.807, 2.05) is 18.2 Å². The van der Waals surface area contributed by atoms with E-state index in [4.69, 9.17) is 34.8 Å². The summed E-state index contributed by atoms with van der Waals surface area (Å²) in [4.78, 5) is 3.90. The molecule has 0 saturated heterocycles. The molecule has 13 heavy (non-hydrogen) atoms. The monoisotopic (exact) mass is 235 g/mol. The molecule has 0 amide bonds. The van der Waals surface area contributed by atoms with Gasteiger partial charge in [-0.25, -0.2) is 4.98 Å². The molecule has 0 saturated carbocycles. The SMILES string of the molecule is ClCCC=Cc1ccc(Cl)nc1Cl. The van der Waals surface area contributed by atoms with Crippen LogP contribution in [0.4, 0.5) is 0 Å². The number of allylic oxidation sites excluding steroid dienone is 1. The highest BCUT2D eigenvalue weighted by Gasteiger charge is 1.97. The molecule has 4 heteroatoms. The fourth-order valence-electron chi connectivity index (χ4n) is 0.821. The van der Waals surface area contributed by atoms with E-state index in [-0.39, 0.29) is 0 Å². The van der Waals surface area contributed by atoms with E-state index in [0.717, 1.165) is 12.0 Å². The third kappa shape index (κ3) is 3.55. The van der Waals surface area contributed by atoms with Crippen molar-refractivity contribution >= 4 is 40.9 Å². The Bertz CT molecular complexity index is 310. The Balaban J connectivity index is 2.77. The maximum atomic E-state index is 5.83. The van der Waals surface area contributed by atoms with E-state index in [2.05, 4.69) is 4.98 Å². The van der Waals surface area contributed by atoms with Crippen LogP contribution >= 0.6 is 34.8 Å². The van der Waals surface area contributed by atoms with Crippen molar-refractivity contribution in [3.05, 3.63) is 34.1 Å². The van der Waals surface area contributed by atoms with Crippen LogP contribution in [0.25, 0.3) is 6.08 Å². The average Bonchev–Trinajstić information content (AvgIpc) is 2.09. The second-order valence-electron chi connectivity index (χ2n) is 2.39. The number of nitrogens with zero attached hydrogens (tertiary/aromatic N) is 1. The molecule has 0 aliphatic carbocycles. The van der Waals surface area contributed by atoms with Crippen molar-refractivity contribution in [1.29, 1.82) is 0 Å². The molecular formula is C9H8Cl3N. The van der Waals surface area contributed by atoms with Crippen molar-refractivity contribution in [2.75, 3.05) is 5.88 Å². The predicted molar refractivity (Wildman–Crippen MR) is 58.6 cm³/mol. The van der Waals surface area contributed by atoms with E-state index in [9.17, 15) is 0 Å². The van der Waals surface area contributed by atoms with Gasteiger partial charge in [-0.05, 0) is 18.6 Å². The quantitative estimate of drug-likeness (QED) is 0.570. The zero-order valence-corrected chi connectivity index (χ0v) is 9.07. The Kier molecular flexibility index (Phi) is 4.57. The third-order valence-corrected chi connectivity index (χ3v) is 2.15. The molecule has 0 aliphatic heterocycles. The van der Waals surface area contributed by atoms with Crippen molar-refractivity contribution in [2.45, 2.75) is 6.42 Å². The zero-order chi connectivity index (χ0) is 9.68. The van der Waals surface area contributed by atoms with E-state index in [1.54, 1.807) is 6.07 Å². The van der Waals surface area contributed by atoms with E-state index in [0.29, 0.717) is 16.2 Å². The minimum absolute atomic E-state index is 0.402. The number of pyridine rings is 1. The molecule has 0 bridgehead atoms. The summed E-state index contributed by atoms with van der Waals surface area (Å²) in [5.74, 6) is 0.606. The van der Waals surface area contributed by atoms with Gasteiger partial charge in [0.05, 0.1) is 0 Å². The van der Waals surface area contributed by atoms with Crippen molar-refractivity contribution in [2.24, 2.45) is 0 Å². The smallest absolute Gasteiger partial charge is 0.138 e. The van der Waals surface area contributed by atoms with Crippen LogP contribution in [0, 0.1) is 0 Å². The van der Waals surface area contributed by atoms with Crippen LogP contribution in [0.15, 0.2) is 18.2 Å². The molecule has 0 radical (unpaired) electrons. The molecule has 0 unspecified atom stereocenters. The molecule has 1 aromatic heterocycles. The minimum Gasteiger partial charge on any atom is -0.224 e. The number of halogens is 3. The number of hydrogen-bond acceptors (Lipinski definition) is 1. The average molecular weight is 237 g/mol. The van der Waals surface area contributed by atoms with Crippen LogP contribution in [0.5, 0.6) is 0 Å². The van der Waals surface area contributed by atoms with Crippen LogP contribution in [0.1, 0.15) is 12.0 Å². The lowest BCUT2D eigenvalue weighted by Crippen LogP contribution is -1.81. The number of hydrogen-bond donors (Lipinski definition) is 0. The molecule has 1 aromatic rings. The lowest BCUT2D eigenvalue weighted by atomic mass is 10.2. The molecule has 1 rings (SSSR count). The molecule has 0 atom stereocenters. The lowest BCUT2D eigenvalue weighted by molar-refractivity contribution is 1.24. The Hall–Kier alpha value is -0.240. The van der Waals surface area contributed by atoms with Gasteiger partial charge in [-0.15, -0.1) is 11.6 Å². The molecule has 0 aliphatic rings. The van der Waals surface area contributed by atoms with Crippen LogP contribution < -0.4 is 0 Å². The highest BCUT2D eigenvalue weighted by molar-refractivity contribution is 6.33. The topological polar surface area (TPSA) is 12.9 Å². The standard InChI is InChI=1S/C9H8Cl3N/c10-6-2-1-3-7-4-5-8(11)13-9(7)12/h1,3-5H,2,6H2. The molecular weight excluding hydrogens is 228 g/mol. The van der Waals surface area contributed by atoms with Gasteiger partial charge in [0.25, 0.3) is 0 Å². The van der Waals surface area contributed by atoms with E-state index < -0.39 is 0 Å². The summed E-state index contributed by atoms with van der Waals surface area (Å²) < 4.78 is 0. The molecule has 0 spiro atoms. The van der Waals surface area contributed by atoms with Gasteiger partial charge in [-0.1, -0.05) is 35.4 Å². The predicted octanol–water partition coefficient (Wildman–Crippen LogP) is 4.03. The van der Waals surface area contributed by atoms with Crippen molar-refractivity contribution in [1.82, 2.24) is 4.98 Å². The molecule has 0 N–H and O–H groups in total. The van der Waals surface area contributed by atoms with Crippen LogP contribution in [-0.4, -0.2) is 10.9 Å². The van der Waals surface area contributed by atoms with E-state index >= 15 is 0 Å². The highest BCUT2D eigenvalue weighted by atomic mass is 35.5. The first kappa shape index (κ1) is 10.8. The summed E-state index contributed by atoms with van der Waals surface area (Å²) in [5, 5.41) is 0.817. The fraction of sp³-hybridized carbons (Fsp3) is 0.222. The van der Waals surface area contributed by atoms with Gasteiger partial charge in [0.1, 0.15) is 10.3 Å². The molecule has 0 aromatic carbocycles. The summed E-state index contributed by atoms with van der Waals surface area (Å²) in [5.41, 5.74) is 0.858. The van der Waals surface area contributed by atoms with Gasteiger partial charge >= 0.3 is 0 Å². The summed E-state index contributed by atoms with van der Waals surface area (Å²) in [6.07, 6.45) is 4.65. The zero-order valence-electron chi connectivity index (χ0n) is 6.80. The Morgan fingerprint density at radius 3 is 2.69 bits per heavy atom. The summed E-state index contributed by atoms with van der Waals surface area (Å²) >= 11 is 17.0. The van der Waals surface area contributed by atoms with Gasteiger partial charge in [0.2, 0.25) is 0 Å². The normalized spacial score (nSPS) is 11.0. The van der Waals surface area contributed by atoms with Gasteiger partial charge in [0, 0.05) is 11.4 Å². The number of rotatable bonds is 3. The third-order valence-electron chi connectivity index (χ3n) is 1.42. The summed E-state index contributed by atoms with van der Waals surface area (Å²) in [6, 6.07) is 3.52. The maximum absolute atomic E-state index is 5.83. The van der Waals surface area contributed by atoms with Gasteiger partial charge in [-0.3, -0.25) is 0 Å². The Morgan fingerprint density at radius 2 is 2.08 bits per heavy atom. The first-order chi connectivity index (χ1) is 6.24. The lowest BCUT2D eigenvalue weighted by Gasteiger charge is -1.96. The van der Waals surface area contributed by atoms with Crippen molar-refractivity contribution in [3.8, 4) is 0 Å². The van der Waals surface area contributed by atoms with Gasteiger partial charge in [0.15, 0.2) is 0 Å². The molecule has 0 fully saturated rings. The van der Waals surface area contributed by atoms with E-state index in [1.165, 1.54) is 0 Å². The highest BCUT2D eigenvalue weighted by Crippen LogP contribution is 2.17. The van der Waals surface area contributed by atoms with Crippen LogP contribution in [-0.2, 0) is 0 Å². The summed E-state index contributed by atoms with van der Waals surface area (Å²) in [6.45, 7) is 0. The molecule has 1 nitrogen and oxygen atoms in total. The number of alkyl halides is 1. The summed E-state index contributed by atoms with van der Waals surface area (Å²) in [7, 11) is 0. The minimum atomic E-state index is 0.402. The van der Waals surface area contributed by atoms with Crippen LogP contribution in [0.3, 0.4) is 0 Å². The van der Waals surface area contributed by atoms with Crippen molar-refractivity contribution in [3.63, 3.8) is 0 Å². The number of aromatic nitrogens is 1. The molecule has 1 heterocycles. The molecule has 70 valence electrons. The Morgan fingerprint density at radius 1 is 1.31 bits per heavy atom. The Labute approximate surface area is 92.3 Å². The fourth-order valence-corrected chi connectivity index (χ4v) is 1.35. The first-order valence-corrected chi connectivity index (χ1v) is 5.07. The first-order valence-electron chi connectivity index (χ1n) is 3.78. The second-order valence-corrected chi connectivity index (χ2v) is 3.52. The van der Waals surface area contributed by atoms with Crippen LogP contribution in [0.2, 0.25) is 10.3 Å².